The fraction of sp³-hybridized carbons (Fsp3) is 0.368. The Bertz CT molecular complexity index is 1030. The molecule has 138 valence electrons. The van der Waals surface area contributed by atoms with E-state index in [1.165, 1.54) is 6.20 Å². The molecule has 3 aromatic heterocycles. The van der Waals surface area contributed by atoms with E-state index in [-0.39, 0.29) is 17.8 Å². The molecule has 0 radical (unpaired) electrons. The Morgan fingerprint density at radius 2 is 2.15 bits per heavy atom. The number of carbonyl (C=O) groups is 1. The number of rotatable bonds is 0. The molecule has 2 aliphatic rings. The highest BCUT2D eigenvalue weighted by atomic mass is 19.1. The molecule has 7 nitrogen and oxygen atoms in total. The first-order chi connectivity index (χ1) is 13.2. The first-order valence-corrected chi connectivity index (χ1v) is 9.24. The third kappa shape index (κ3) is 2.81. The van der Waals surface area contributed by atoms with E-state index in [1.54, 1.807) is 16.8 Å². The molecular formula is C19H19FN6O. The third-order valence-electron chi connectivity index (χ3n) is 5.32. The van der Waals surface area contributed by atoms with Gasteiger partial charge in [-0.1, -0.05) is 0 Å². The first-order valence-electron chi connectivity index (χ1n) is 9.24. The number of pyridine rings is 1. The zero-order valence-electron chi connectivity index (χ0n) is 14.7. The Morgan fingerprint density at radius 1 is 1.22 bits per heavy atom. The van der Waals surface area contributed by atoms with Gasteiger partial charge in [-0.3, -0.25) is 9.78 Å². The molecular weight excluding hydrogens is 347 g/mol. The van der Waals surface area contributed by atoms with Crippen LogP contribution in [-0.4, -0.2) is 32.0 Å². The van der Waals surface area contributed by atoms with Crippen molar-refractivity contribution < 1.29 is 9.18 Å². The second-order valence-electron chi connectivity index (χ2n) is 7.05. The second kappa shape index (κ2) is 6.29. The zero-order valence-corrected chi connectivity index (χ0v) is 14.7. The highest BCUT2D eigenvalue weighted by Crippen LogP contribution is 2.37. The second-order valence-corrected chi connectivity index (χ2v) is 7.05. The van der Waals surface area contributed by atoms with E-state index in [2.05, 4.69) is 20.3 Å². The van der Waals surface area contributed by atoms with E-state index in [0.717, 1.165) is 36.5 Å². The van der Waals surface area contributed by atoms with Gasteiger partial charge >= 0.3 is 0 Å². The average molecular weight is 366 g/mol. The average Bonchev–Trinajstić information content (AvgIpc) is 3.29. The van der Waals surface area contributed by atoms with Crippen LogP contribution in [0.15, 0.2) is 30.7 Å². The van der Waals surface area contributed by atoms with Crippen molar-refractivity contribution in [1.29, 1.82) is 0 Å². The van der Waals surface area contributed by atoms with E-state index < -0.39 is 0 Å². The lowest BCUT2D eigenvalue weighted by atomic mass is 9.99. The number of fused-ring (bicyclic) bond motifs is 5. The molecule has 27 heavy (non-hydrogen) atoms. The van der Waals surface area contributed by atoms with Crippen LogP contribution in [0.5, 0.6) is 0 Å². The maximum Gasteiger partial charge on any atom is 0.224 e. The Hall–Kier alpha value is -3.03. The number of halogens is 1. The minimum Gasteiger partial charge on any atom is -0.349 e. The minimum atomic E-state index is -0.329. The van der Waals surface area contributed by atoms with Crippen molar-refractivity contribution in [3.8, 4) is 0 Å². The molecule has 2 bridgehead atoms. The quantitative estimate of drug-likeness (QED) is 0.662. The van der Waals surface area contributed by atoms with Gasteiger partial charge in [-0.15, -0.1) is 0 Å². The standard InChI is InChI=1S/C19H19FN6O/c20-12-9-13-14(21-10-12)3-1-5-18(27)23-15-11-22-26-8-6-17(24-19(15)26)25-7-2-4-16(13)25/h6,8-11,16H,1-5,7H2,(H,23,27)/t16-/m0/s1. The van der Waals surface area contributed by atoms with Gasteiger partial charge in [0.05, 0.1) is 18.4 Å². The maximum absolute atomic E-state index is 14.0. The van der Waals surface area contributed by atoms with Gasteiger partial charge in [0.15, 0.2) is 5.65 Å². The van der Waals surface area contributed by atoms with Crippen LogP contribution in [-0.2, 0) is 11.2 Å². The highest BCUT2D eigenvalue weighted by molar-refractivity contribution is 5.94. The van der Waals surface area contributed by atoms with Crippen molar-refractivity contribution in [3.05, 3.63) is 47.8 Å². The lowest BCUT2D eigenvalue weighted by Gasteiger charge is -2.27. The van der Waals surface area contributed by atoms with Crippen molar-refractivity contribution in [2.45, 2.75) is 38.1 Å². The summed E-state index contributed by atoms with van der Waals surface area (Å²) in [6.07, 6.45) is 8.32. The predicted octanol–water partition coefficient (Wildman–Crippen LogP) is 2.88. The summed E-state index contributed by atoms with van der Waals surface area (Å²) < 4.78 is 15.6. The fourth-order valence-electron chi connectivity index (χ4n) is 4.08. The summed E-state index contributed by atoms with van der Waals surface area (Å²) in [4.78, 5) is 23.6. The summed E-state index contributed by atoms with van der Waals surface area (Å²) in [5.41, 5.74) is 2.99. The smallest absolute Gasteiger partial charge is 0.224 e. The van der Waals surface area contributed by atoms with E-state index in [1.807, 2.05) is 12.3 Å². The number of aryl methyl sites for hydroxylation is 1. The Morgan fingerprint density at radius 3 is 3.07 bits per heavy atom. The molecule has 1 fully saturated rings. The summed E-state index contributed by atoms with van der Waals surface area (Å²) in [5, 5.41) is 7.17. The van der Waals surface area contributed by atoms with Crippen molar-refractivity contribution in [2.75, 3.05) is 16.8 Å². The van der Waals surface area contributed by atoms with Gasteiger partial charge in [0.2, 0.25) is 5.91 Å². The van der Waals surface area contributed by atoms with Crippen LogP contribution in [0.4, 0.5) is 15.9 Å². The van der Waals surface area contributed by atoms with Gasteiger partial charge in [-0.05, 0) is 43.4 Å². The van der Waals surface area contributed by atoms with Crippen molar-refractivity contribution in [2.24, 2.45) is 0 Å². The SMILES string of the molecule is O=C1CCCc2ncc(F)cc2[C@@H]2CCCN2c2ccn3ncc(c3n2)N1. The topological polar surface area (TPSA) is 75.4 Å². The monoisotopic (exact) mass is 366 g/mol. The Labute approximate surface area is 155 Å². The van der Waals surface area contributed by atoms with Crippen LogP contribution in [0, 0.1) is 5.82 Å². The highest BCUT2D eigenvalue weighted by Gasteiger charge is 2.30. The summed E-state index contributed by atoms with van der Waals surface area (Å²) >= 11 is 0. The van der Waals surface area contributed by atoms with Crippen LogP contribution in [0.2, 0.25) is 0 Å². The number of aromatic nitrogens is 4. The van der Waals surface area contributed by atoms with E-state index in [9.17, 15) is 9.18 Å². The number of hydrogen-bond acceptors (Lipinski definition) is 5. The molecule has 1 amide bonds. The minimum absolute atomic E-state index is 0.0361. The first kappa shape index (κ1) is 16.2. The molecule has 0 aromatic carbocycles. The summed E-state index contributed by atoms with van der Waals surface area (Å²) in [7, 11) is 0. The van der Waals surface area contributed by atoms with Crippen LogP contribution >= 0.6 is 0 Å². The lowest BCUT2D eigenvalue weighted by Crippen LogP contribution is -2.25. The van der Waals surface area contributed by atoms with Gasteiger partial charge in [-0.2, -0.15) is 5.10 Å². The molecule has 0 saturated carbocycles. The summed E-state index contributed by atoms with van der Waals surface area (Å²) in [5.74, 6) is 0.389. The van der Waals surface area contributed by atoms with Gasteiger partial charge < -0.3 is 10.2 Å². The lowest BCUT2D eigenvalue weighted by molar-refractivity contribution is -0.116. The van der Waals surface area contributed by atoms with Gasteiger partial charge in [0.25, 0.3) is 0 Å². The van der Waals surface area contributed by atoms with Crippen molar-refractivity contribution >= 4 is 23.1 Å². The molecule has 0 aliphatic carbocycles. The summed E-state index contributed by atoms with van der Waals surface area (Å²) in [6.45, 7) is 0.847. The van der Waals surface area contributed by atoms with Crippen molar-refractivity contribution in [1.82, 2.24) is 19.6 Å². The Kier molecular flexibility index (Phi) is 3.77. The predicted molar refractivity (Wildman–Crippen MR) is 98.1 cm³/mol. The molecule has 0 unspecified atom stereocenters. The molecule has 3 aromatic rings. The number of hydrogen-bond donors (Lipinski definition) is 1. The van der Waals surface area contributed by atoms with Crippen LogP contribution in [0.3, 0.4) is 0 Å². The fourth-order valence-corrected chi connectivity index (χ4v) is 4.08. The van der Waals surface area contributed by atoms with Gasteiger partial charge in [0, 0.05) is 24.9 Å². The molecule has 5 heterocycles. The number of nitrogens with zero attached hydrogens (tertiary/aromatic N) is 5. The van der Waals surface area contributed by atoms with Crippen LogP contribution in [0.25, 0.3) is 5.65 Å². The molecule has 2 aliphatic heterocycles. The number of nitrogens with one attached hydrogen (secondary N) is 1. The van der Waals surface area contributed by atoms with Crippen LogP contribution < -0.4 is 10.2 Å². The van der Waals surface area contributed by atoms with Crippen molar-refractivity contribution in [3.63, 3.8) is 0 Å². The number of anilines is 2. The molecule has 1 saturated heterocycles. The van der Waals surface area contributed by atoms with E-state index in [4.69, 9.17) is 4.98 Å². The molecule has 0 spiro atoms. The van der Waals surface area contributed by atoms with E-state index in [0.29, 0.717) is 30.6 Å². The van der Waals surface area contributed by atoms with Gasteiger partial charge in [0.1, 0.15) is 17.3 Å². The maximum atomic E-state index is 14.0. The molecule has 1 N–H and O–H groups in total. The largest absolute Gasteiger partial charge is 0.349 e. The molecule has 5 rings (SSSR count). The summed E-state index contributed by atoms with van der Waals surface area (Å²) in [6, 6.07) is 3.54. The van der Waals surface area contributed by atoms with Crippen LogP contribution in [0.1, 0.15) is 43.0 Å². The van der Waals surface area contributed by atoms with Gasteiger partial charge in [-0.25, -0.2) is 13.9 Å². The Balaban J connectivity index is 1.67. The normalized spacial score (nSPS) is 19.8. The number of carbonyl (C=O) groups excluding carboxylic acids is 1. The molecule has 8 heteroatoms. The number of amides is 1. The van der Waals surface area contributed by atoms with E-state index >= 15 is 0 Å². The molecule has 1 atom stereocenters. The third-order valence-corrected chi connectivity index (χ3v) is 5.32. The zero-order chi connectivity index (χ0) is 18.4.